The Labute approximate surface area is 163 Å². The van der Waals surface area contributed by atoms with Crippen LogP contribution in [0.2, 0.25) is 0 Å². The van der Waals surface area contributed by atoms with Crippen molar-refractivity contribution in [2.45, 2.75) is 31.8 Å². The van der Waals surface area contributed by atoms with Gasteiger partial charge in [0, 0.05) is 24.5 Å². The van der Waals surface area contributed by atoms with Gasteiger partial charge in [-0.1, -0.05) is 24.3 Å². The Morgan fingerprint density at radius 2 is 2.04 bits per heavy atom. The molecule has 140 valence electrons. The molecule has 2 aliphatic rings. The maximum absolute atomic E-state index is 12.7. The number of carbonyl (C=O) groups excluding carboxylic acids is 1. The Morgan fingerprint density at radius 1 is 1.11 bits per heavy atom. The largest absolute Gasteiger partial charge is 0.363 e. The SMILES string of the molecule is O=C(c1cccnc1)N1CCc2c(ncnc2N[C@H]2CCc3ccccc32)C1. The van der Waals surface area contributed by atoms with Gasteiger partial charge in [0.2, 0.25) is 0 Å². The first kappa shape index (κ1) is 16.9. The van der Waals surface area contributed by atoms with Crippen LogP contribution < -0.4 is 5.32 Å². The lowest BCUT2D eigenvalue weighted by Crippen LogP contribution is -2.37. The number of hydrogen-bond acceptors (Lipinski definition) is 5. The highest BCUT2D eigenvalue weighted by atomic mass is 16.2. The van der Waals surface area contributed by atoms with Crippen LogP contribution >= 0.6 is 0 Å². The average Bonchev–Trinajstić information content (AvgIpc) is 3.16. The summed E-state index contributed by atoms with van der Waals surface area (Å²) in [5, 5.41) is 3.64. The van der Waals surface area contributed by atoms with Gasteiger partial charge < -0.3 is 10.2 Å². The summed E-state index contributed by atoms with van der Waals surface area (Å²) in [5.74, 6) is 0.900. The zero-order chi connectivity index (χ0) is 18.9. The number of hydrogen-bond donors (Lipinski definition) is 1. The molecular formula is C22H21N5O. The standard InChI is InChI=1S/C22H21N5O/c28-22(16-5-3-10-23-12-16)27-11-9-18-20(13-27)24-14-25-21(18)26-19-8-7-15-4-1-2-6-17(15)19/h1-6,10,12,14,19H,7-9,11,13H2,(H,24,25,26)/t19-/m0/s1. The van der Waals surface area contributed by atoms with Crippen molar-refractivity contribution in [2.75, 3.05) is 11.9 Å². The maximum atomic E-state index is 12.7. The van der Waals surface area contributed by atoms with E-state index in [1.807, 2.05) is 4.90 Å². The van der Waals surface area contributed by atoms with Crippen LogP contribution in [-0.2, 0) is 19.4 Å². The number of amides is 1. The molecule has 1 aliphatic carbocycles. The van der Waals surface area contributed by atoms with Gasteiger partial charge in [-0.25, -0.2) is 9.97 Å². The normalized spacial score (nSPS) is 17.7. The fourth-order valence-corrected chi connectivity index (χ4v) is 4.20. The minimum Gasteiger partial charge on any atom is -0.363 e. The van der Waals surface area contributed by atoms with Crippen molar-refractivity contribution in [1.82, 2.24) is 19.9 Å². The molecule has 1 N–H and O–H groups in total. The molecule has 5 rings (SSSR count). The number of carbonyl (C=O) groups is 1. The second kappa shape index (κ2) is 7.03. The summed E-state index contributed by atoms with van der Waals surface area (Å²) < 4.78 is 0. The Kier molecular flexibility index (Phi) is 4.24. The number of benzene rings is 1. The summed E-state index contributed by atoms with van der Waals surface area (Å²) >= 11 is 0. The molecule has 0 saturated heterocycles. The molecule has 0 bridgehead atoms. The molecule has 1 atom stereocenters. The molecule has 6 nitrogen and oxygen atoms in total. The molecule has 0 radical (unpaired) electrons. The van der Waals surface area contributed by atoms with E-state index in [2.05, 4.69) is 44.5 Å². The fraction of sp³-hybridized carbons (Fsp3) is 0.273. The van der Waals surface area contributed by atoms with Gasteiger partial charge in [-0.05, 0) is 42.5 Å². The van der Waals surface area contributed by atoms with Gasteiger partial charge in [-0.3, -0.25) is 9.78 Å². The second-order valence-electron chi connectivity index (χ2n) is 7.30. The molecule has 0 spiro atoms. The number of nitrogens with zero attached hydrogens (tertiary/aromatic N) is 4. The number of fused-ring (bicyclic) bond motifs is 2. The van der Waals surface area contributed by atoms with E-state index >= 15 is 0 Å². The minimum absolute atomic E-state index is 0.00316. The zero-order valence-corrected chi connectivity index (χ0v) is 15.5. The Balaban J connectivity index is 1.37. The van der Waals surface area contributed by atoms with Crippen LogP contribution in [0.4, 0.5) is 5.82 Å². The summed E-state index contributed by atoms with van der Waals surface area (Å²) in [6, 6.07) is 12.5. The third-order valence-corrected chi connectivity index (χ3v) is 5.65. The van der Waals surface area contributed by atoms with Gasteiger partial charge in [-0.15, -0.1) is 0 Å². The van der Waals surface area contributed by atoms with Crippen LogP contribution in [0.5, 0.6) is 0 Å². The predicted octanol–water partition coefficient (Wildman–Crippen LogP) is 3.17. The van der Waals surface area contributed by atoms with Crippen LogP contribution in [0, 0.1) is 0 Å². The van der Waals surface area contributed by atoms with Crippen LogP contribution in [0.3, 0.4) is 0 Å². The molecule has 1 aromatic carbocycles. The highest BCUT2D eigenvalue weighted by Gasteiger charge is 2.27. The maximum Gasteiger partial charge on any atom is 0.255 e. The lowest BCUT2D eigenvalue weighted by molar-refractivity contribution is 0.0731. The Bertz CT molecular complexity index is 1020. The van der Waals surface area contributed by atoms with Crippen LogP contribution in [0.1, 0.15) is 45.2 Å². The van der Waals surface area contributed by atoms with Gasteiger partial charge >= 0.3 is 0 Å². The first-order chi connectivity index (χ1) is 13.8. The van der Waals surface area contributed by atoms with Gasteiger partial charge in [0.05, 0.1) is 23.8 Å². The molecule has 1 amide bonds. The average molecular weight is 371 g/mol. The number of anilines is 1. The molecular weight excluding hydrogens is 350 g/mol. The highest BCUT2D eigenvalue weighted by molar-refractivity contribution is 5.94. The summed E-state index contributed by atoms with van der Waals surface area (Å²) in [5.41, 5.74) is 5.44. The van der Waals surface area contributed by atoms with E-state index in [9.17, 15) is 4.79 Å². The Morgan fingerprint density at radius 3 is 2.93 bits per heavy atom. The van der Waals surface area contributed by atoms with E-state index < -0.39 is 0 Å². The molecule has 2 aromatic heterocycles. The highest BCUT2D eigenvalue weighted by Crippen LogP contribution is 2.35. The van der Waals surface area contributed by atoms with Crippen molar-refractivity contribution < 1.29 is 4.79 Å². The topological polar surface area (TPSA) is 71.0 Å². The summed E-state index contributed by atoms with van der Waals surface area (Å²) in [6.45, 7) is 1.16. The van der Waals surface area contributed by atoms with Gasteiger partial charge in [0.25, 0.3) is 5.91 Å². The number of nitrogens with one attached hydrogen (secondary N) is 1. The van der Waals surface area contributed by atoms with E-state index in [0.29, 0.717) is 18.7 Å². The van der Waals surface area contributed by atoms with Crippen molar-refractivity contribution >= 4 is 11.7 Å². The van der Waals surface area contributed by atoms with E-state index in [1.165, 1.54) is 11.1 Å². The summed E-state index contributed by atoms with van der Waals surface area (Å²) in [6.07, 6.45) is 7.80. The molecule has 28 heavy (non-hydrogen) atoms. The zero-order valence-electron chi connectivity index (χ0n) is 15.5. The third kappa shape index (κ3) is 3.01. The van der Waals surface area contributed by atoms with Crippen molar-refractivity contribution in [3.05, 3.63) is 83.1 Å². The monoisotopic (exact) mass is 371 g/mol. The first-order valence-electron chi connectivity index (χ1n) is 9.66. The lowest BCUT2D eigenvalue weighted by atomic mass is 10.0. The lowest BCUT2D eigenvalue weighted by Gasteiger charge is -2.29. The summed E-state index contributed by atoms with van der Waals surface area (Å²) in [4.78, 5) is 27.6. The molecule has 6 heteroatoms. The second-order valence-corrected chi connectivity index (χ2v) is 7.30. The number of rotatable bonds is 3. The van der Waals surface area contributed by atoms with E-state index in [1.54, 1.807) is 30.9 Å². The van der Waals surface area contributed by atoms with Crippen molar-refractivity contribution in [1.29, 1.82) is 0 Å². The smallest absolute Gasteiger partial charge is 0.255 e. The molecule has 3 heterocycles. The van der Waals surface area contributed by atoms with Crippen molar-refractivity contribution in [3.8, 4) is 0 Å². The van der Waals surface area contributed by atoms with E-state index in [-0.39, 0.29) is 11.9 Å². The first-order valence-corrected chi connectivity index (χ1v) is 9.66. The molecule has 1 aliphatic heterocycles. The number of pyridine rings is 1. The molecule has 0 fully saturated rings. The van der Waals surface area contributed by atoms with E-state index in [0.717, 1.165) is 36.3 Å². The number of aryl methyl sites for hydroxylation is 1. The van der Waals surface area contributed by atoms with Gasteiger partial charge in [0.1, 0.15) is 12.1 Å². The predicted molar refractivity (Wildman–Crippen MR) is 106 cm³/mol. The minimum atomic E-state index is -0.00316. The Hall–Kier alpha value is -3.28. The van der Waals surface area contributed by atoms with Crippen LogP contribution in [0.25, 0.3) is 0 Å². The van der Waals surface area contributed by atoms with E-state index in [4.69, 9.17) is 0 Å². The van der Waals surface area contributed by atoms with Crippen molar-refractivity contribution in [3.63, 3.8) is 0 Å². The quantitative estimate of drug-likeness (QED) is 0.766. The van der Waals surface area contributed by atoms with Crippen molar-refractivity contribution in [2.24, 2.45) is 0 Å². The van der Waals surface area contributed by atoms with Gasteiger partial charge in [0.15, 0.2) is 0 Å². The molecule has 0 unspecified atom stereocenters. The summed E-state index contributed by atoms with van der Waals surface area (Å²) in [7, 11) is 0. The molecule has 3 aromatic rings. The number of aromatic nitrogens is 3. The fourth-order valence-electron chi connectivity index (χ4n) is 4.20. The molecule has 0 saturated carbocycles. The van der Waals surface area contributed by atoms with Crippen LogP contribution in [0.15, 0.2) is 55.1 Å². The van der Waals surface area contributed by atoms with Crippen LogP contribution in [-0.4, -0.2) is 32.3 Å². The third-order valence-electron chi connectivity index (χ3n) is 5.65. The van der Waals surface area contributed by atoms with Gasteiger partial charge in [-0.2, -0.15) is 0 Å².